The Hall–Kier alpha value is -2.47. The maximum Gasteiger partial charge on any atom is 0.264 e. The number of aliphatic hydroxyl groups is 1. The summed E-state index contributed by atoms with van der Waals surface area (Å²) in [5, 5.41) is 12.2. The number of rotatable bonds is 5. The summed E-state index contributed by atoms with van der Waals surface area (Å²) in [6.07, 6.45) is 0. The van der Waals surface area contributed by atoms with Gasteiger partial charge in [-0.15, -0.1) is 0 Å². The topological polar surface area (TPSA) is 57.6 Å². The van der Waals surface area contributed by atoms with Gasteiger partial charge in [0.2, 0.25) is 0 Å². The Morgan fingerprint density at radius 2 is 1.77 bits per heavy atom. The molecule has 0 bridgehead atoms. The second-order valence-electron chi connectivity index (χ2n) is 7.36. The molecule has 30 heavy (non-hydrogen) atoms. The minimum absolute atomic E-state index is 0.196. The Labute approximate surface area is 188 Å². The first kappa shape index (κ1) is 20.8. The molecule has 1 aliphatic rings. The van der Waals surface area contributed by atoms with Crippen molar-refractivity contribution in [2.45, 2.75) is 19.1 Å². The van der Waals surface area contributed by atoms with Gasteiger partial charge in [0.25, 0.3) is 5.91 Å². The lowest BCUT2D eigenvalue weighted by molar-refractivity contribution is -0.139. The van der Waals surface area contributed by atoms with Crippen LogP contribution in [0.2, 0.25) is 5.02 Å². The molecule has 1 N–H and O–H groups in total. The summed E-state index contributed by atoms with van der Waals surface area (Å²) in [5.41, 5.74) is 0.205. The molecule has 6 heteroatoms. The number of fused-ring (bicyclic) bond motifs is 1. The normalized spacial score (nSPS) is 18.9. The number of carbonyl (C=O) groups is 2. The summed E-state index contributed by atoms with van der Waals surface area (Å²) in [5.74, 6) is -1.80. The number of ketones is 1. The van der Waals surface area contributed by atoms with Gasteiger partial charge in [-0.2, -0.15) is 0 Å². The molecule has 0 aliphatic carbocycles. The van der Waals surface area contributed by atoms with Crippen LogP contribution < -0.4 is 4.90 Å². The molecule has 1 amide bonds. The fourth-order valence-corrected chi connectivity index (χ4v) is 4.45. The van der Waals surface area contributed by atoms with Crippen LogP contribution in [0.4, 0.5) is 5.69 Å². The van der Waals surface area contributed by atoms with Crippen molar-refractivity contribution in [3.8, 4) is 0 Å². The van der Waals surface area contributed by atoms with Crippen molar-refractivity contribution in [2.75, 3.05) is 4.90 Å². The van der Waals surface area contributed by atoms with E-state index in [1.54, 1.807) is 55.5 Å². The molecule has 0 unspecified atom stereocenters. The van der Waals surface area contributed by atoms with Gasteiger partial charge in [0.05, 0.1) is 18.2 Å². The van der Waals surface area contributed by atoms with E-state index in [2.05, 4.69) is 15.9 Å². The Balaban J connectivity index is 1.79. The maximum atomic E-state index is 13.6. The molecule has 0 spiro atoms. The van der Waals surface area contributed by atoms with Gasteiger partial charge >= 0.3 is 0 Å². The number of hydrogen-bond acceptors (Lipinski definition) is 3. The smallest absolute Gasteiger partial charge is 0.264 e. The zero-order valence-electron chi connectivity index (χ0n) is 16.2. The molecule has 3 aromatic carbocycles. The number of hydrogen-bond donors (Lipinski definition) is 1. The lowest BCUT2D eigenvalue weighted by Gasteiger charge is -2.28. The highest BCUT2D eigenvalue weighted by molar-refractivity contribution is 9.10. The van der Waals surface area contributed by atoms with E-state index < -0.39 is 17.4 Å². The van der Waals surface area contributed by atoms with E-state index >= 15 is 0 Å². The molecule has 4 rings (SSSR count). The number of Topliss-reactive ketones (excluding diaryl/α,β-unsaturated/α-hetero) is 1. The third kappa shape index (κ3) is 3.37. The van der Waals surface area contributed by atoms with Gasteiger partial charge in [0, 0.05) is 20.6 Å². The van der Waals surface area contributed by atoms with Crippen molar-refractivity contribution in [1.82, 2.24) is 0 Å². The summed E-state index contributed by atoms with van der Waals surface area (Å²) in [4.78, 5) is 28.2. The van der Waals surface area contributed by atoms with Crippen LogP contribution in [0, 0.1) is 5.92 Å². The van der Waals surface area contributed by atoms with Crippen LogP contribution in [-0.2, 0) is 16.9 Å². The average molecular weight is 485 g/mol. The van der Waals surface area contributed by atoms with Gasteiger partial charge in [-0.05, 0) is 29.8 Å². The Kier molecular flexibility index (Phi) is 5.53. The highest BCUT2D eigenvalue weighted by Crippen LogP contribution is 2.47. The second kappa shape index (κ2) is 7.99. The summed E-state index contributed by atoms with van der Waals surface area (Å²) in [6, 6.07) is 21.2. The van der Waals surface area contributed by atoms with Gasteiger partial charge in [-0.3, -0.25) is 9.59 Å². The maximum absolute atomic E-state index is 13.6. The molecular weight excluding hydrogens is 466 g/mol. The number of amides is 1. The van der Waals surface area contributed by atoms with Gasteiger partial charge in [0.1, 0.15) is 0 Å². The van der Waals surface area contributed by atoms with Crippen LogP contribution >= 0.6 is 27.5 Å². The van der Waals surface area contributed by atoms with E-state index in [4.69, 9.17) is 11.6 Å². The lowest BCUT2D eigenvalue weighted by Crippen LogP contribution is -2.47. The molecule has 2 atom stereocenters. The van der Waals surface area contributed by atoms with Crippen molar-refractivity contribution in [1.29, 1.82) is 0 Å². The summed E-state index contributed by atoms with van der Waals surface area (Å²) in [7, 11) is 0. The predicted octanol–water partition coefficient (Wildman–Crippen LogP) is 5.36. The van der Waals surface area contributed by atoms with Crippen LogP contribution in [-0.4, -0.2) is 16.8 Å². The van der Waals surface area contributed by atoms with Crippen LogP contribution in [0.15, 0.2) is 77.3 Å². The van der Waals surface area contributed by atoms with E-state index in [0.717, 1.165) is 5.56 Å². The highest BCUT2D eigenvalue weighted by Gasteiger charge is 2.55. The van der Waals surface area contributed by atoms with Crippen molar-refractivity contribution in [3.63, 3.8) is 0 Å². The van der Waals surface area contributed by atoms with Gasteiger partial charge < -0.3 is 10.0 Å². The quantitative estimate of drug-likeness (QED) is 0.496. The monoisotopic (exact) mass is 483 g/mol. The molecule has 1 heterocycles. The van der Waals surface area contributed by atoms with Crippen LogP contribution in [0.3, 0.4) is 0 Å². The van der Waals surface area contributed by atoms with Gasteiger partial charge in [-0.1, -0.05) is 83.0 Å². The lowest BCUT2D eigenvalue weighted by atomic mass is 9.79. The highest BCUT2D eigenvalue weighted by atomic mass is 79.9. The number of carbonyl (C=O) groups excluding carboxylic acids is 2. The molecular formula is C24H19BrClNO3. The Morgan fingerprint density at radius 3 is 2.47 bits per heavy atom. The van der Waals surface area contributed by atoms with E-state index in [1.165, 1.54) is 4.90 Å². The fraction of sp³-hybridized carbons (Fsp3) is 0.167. The molecule has 0 saturated carbocycles. The second-order valence-corrected chi connectivity index (χ2v) is 8.69. The molecule has 0 saturated heterocycles. The van der Waals surface area contributed by atoms with Crippen LogP contribution in [0.25, 0.3) is 0 Å². The fourth-order valence-electron chi connectivity index (χ4n) is 3.89. The van der Waals surface area contributed by atoms with E-state index in [0.29, 0.717) is 26.3 Å². The van der Waals surface area contributed by atoms with Gasteiger partial charge in [-0.25, -0.2) is 0 Å². The molecule has 0 aromatic heterocycles. The third-order valence-electron chi connectivity index (χ3n) is 5.60. The van der Waals surface area contributed by atoms with Crippen molar-refractivity contribution in [2.24, 2.45) is 5.92 Å². The van der Waals surface area contributed by atoms with Crippen molar-refractivity contribution >= 4 is 44.9 Å². The summed E-state index contributed by atoms with van der Waals surface area (Å²) < 4.78 is 0.714. The number of benzene rings is 3. The first-order chi connectivity index (χ1) is 14.3. The van der Waals surface area contributed by atoms with E-state index in [-0.39, 0.29) is 12.3 Å². The minimum atomic E-state index is -1.98. The summed E-state index contributed by atoms with van der Waals surface area (Å²) >= 11 is 9.72. The number of nitrogens with zero attached hydrogens (tertiary/aromatic N) is 1. The average Bonchev–Trinajstić information content (AvgIpc) is 2.97. The molecule has 152 valence electrons. The minimum Gasteiger partial charge on any atom is -0.375 e. The summed E-state index contributed by atoms with van der Waals surface area (Å²) in [6.45, 7) is 1.79. The largest absolute Gasteiger partial charge is 0.375 e. The third-order valence-corrected chi connectivity index (χ3v) is 6.46. The molecule has 3 aromatic rings. The standard InChI is InChI=1S/C24H19BrClNO3/c1-15(22(28)16-7-3-2-4-8-16)24(30)19-13-18(25)11-12-21(19)27(23(24)29)14-17-9-5-6-10-20(17)26/h2-13,15,30H,14H2,1H3/t15-,24-/m1/s1. The molecule has 0 radical (unpaired) electrons. The van der Waals surface area contributed by atoms with E-state index in [1.807, 2.05) is 24.3 Å². The Morgan fingerprint density at radius 1 is 1.10 bits per heavy atom. The number of anilines is 1. The van der Waals surface area contributed by atoms with Crippen LogP contribution in [0.1, 0.15) is 28.4 Å². The Bertz CT molecular complexity index is 1130. The van der Waals surface area contributed by atoms with E-state index in [9.17, 15) is 14.7 Å². The first-order valence-electron chi connectivity index (χ1n) is 9.51. The predicted molar refractivity (Wildman–Crippen MR) is 121 cm³/mol. The van der Waals surface area contributed by atoms with Crippen molar-refractivity contribution < 1.29 is 14.7 Å². The molecule has 0 fully saturated rings. The zero-order chi connectivity index (χ0) is 21.5. The molecule has 4 nitrogen and oxygen atoms in total. The molecule has 1 aliphatic heterocycles. The van der Waals surface area contributed by atoms with Crippen molar-refractivity contribution in [3.05, 3.63) is 99.0 Å². The van der Waals surface area contributed by atoms with Gasteiger partial charge in [0.15, 0.2) is 11.4 Å². The SMILES string of the molecule is C[C@H](C(=O)c1ccccc1)[C@]1(O)C(=O)N(Cc2ccccc2Cl)c2ccc(Br)cc21. The zero-order valence-corrected chi connectivity index (χ0v) is 18.5. The van der Waals surface area contributed by atoms with Crippen LogP contribution in [0.5, 0.6) is 0 Å². The number of halogens is 2. The first-order valence-corrected chi connectivity index (χ1v) is 10.7.